The minimum Gasteiger partial charge on any atom is -0.396 e. The number of carbonyl (C=O) groups excluding carboxylic acids is 1. The summed E-state index contributed by atoms with van der Waals surface area (Å²) in [5.74, 6) is 0.412. The van der Waals surface area contributed by atoms with Crippen LogP contribution in [0.2, 0.25) is 0 Å². The Kier molecular flexibility index (Phi) is 4.83. The maximum Gasteiger partial charge on any atom is 0.234 e. The van der Waals surface area contributed by atoms with Crippen LogP contribution in [0.1, 0.15) is 26.2 Å². The van der Waals surface area contributed by atoms with Crippen molar-refractivity contribution in [2.24, 2.45) is 0 Å². The number of hydrogen-bond acceptors (Lipinski definition) is 5. The summed E-state index contributed by atoms with van der Waals surface area (Å²) in [6.45, 7) is 3.28. The summed E-state index contributed by atoms with van der Waals surface area (Å²) in [4.78, 5) is 24.3. The summed E-state index contributed by atoms with van der Waals surface area (Å²) in [5, 5.41) is 0. The molecule has 0 unspecified atom stereocenters. The van der Waals surface area contributed by atoms with Crippen LogP contribution in [0.25, 0.3) is 11.3 Å². The van der Waals surface area contributed by atoms with E-state index < -0.39 is 5.82 Å². The fraction of sp³-hybridized carbons (Fsp3) is 0.389. The first-order chi connectivity index (χ1) is 12.0. The third kappa shape index (κ3) is 3.70. The van der Waals surface area contributed by atoms with E-state index in [1.807, 2.05) is 6.07 Å². The maximum absolute atomic E-state index is 13.9. The summed E-state index contributed by atoms with van der Waals surface area (Å²) in [6.07, 6.45) is 3.42. The molecule has 6 nitrogen and oxygen atoms in total. The fourth-order valence-corrected chi connectivity index (χ4v) is 2.83. The Morgan fingerprint density at radius 2 is 1.92 bits per heavy atom. The standard InChI is InChI=1S/C18H22FN5O/c1-12(25)23(2)18-21-16(13-6-7-15(20)14(19)10-13)11-17(22-18)24-8-4-3-5-9-24/h6-7,10-11H,3-5,8-9,20H2,1-2H3. The average molecular weight is 343 g/mol. The average Bonchev–Trinajstić information content (AvgIpc) is 2.63. The topological polar surface area (TPSA) is 75.3 Å². The molecular weight excluding hydrogens is 321 g/mol. The van der Waals surface area contributed by atoms with Crippen LogP contribution >= 0.6 is 0 Å². The first kappa shape index (κ1) is 17.1. The van der Waals surface area contributed by atoms with Gasteiger partial charge in [-0.25, -0.2) is 9.37 Å². The molecule has 1 aromatic carbocycles. The quantitative estimate of drug-likeness (QED) is 0.868. The molecule has 0 radical (unpaired) electrons. The minimum atomic E-state index is -0.489. The highest BCUT2D eigenvalue weighted by Gasteiger charge is 2.18. The minimum absolute atomic E-state index is 0.0927. The van der Waals surface area contributed by atoms with Crippen LogP contribution in [0.3, 0.4) is 0 Å². The number of rotatable bonds is 3. The van der Waals surface area contributed by atoms with Crippen molar-refractivity contribution in [1.82, 2.24) is 9.97 Å². The predicted molar refractivity (Wildman–Crippen MR) is 97.0 cm³/mol. The highest BCUT2D eigenvalue weighted by Crippen LogP contribution is 2.28. The Bertz CT molecular complexity index is 789. The third-order valence-corrected chi connectivity index (χ3v) is 4.45. The van der Waals surface area contributed by atoms with Crippen LogP contribution in [0, 0.1) is 5.82 Å². The smallest absolute Gasteiger partial charge is 0.234 e. The fourth-order valence-electron chi connectivity index (χ4n) is 2.83. The van der Waals surface area contributed by atoms with E-state index in [2.05, 4.69) is 14.9 Å². The van der Waals surface area contributed by atoms with Gasteiger partial charge in [-0.1, -0.05) is 6.07 Å². The molecule has 2 heterocycles. The van der Waals surface area contributed by atoms with Crippen molar-refractivity contribution >= 4 is 23.4 Å². The number of amides is 1. The van der Waals surface area contributed by atoms with Crippen LogP contribution in [-0.2, 0) is 4.79 Å². The molecule has 1 saturated heterocycles. The zero-order chi connectivity index (χ0) is 18.0. The summed E-state index contributed by atoms with van der Waals surface area (Å²) in [7, 11) is 1.63. The van der Waals surface area contributed by atoms with E-state index in [0.29, 0.717) is 17.2 Å². The molecule has 0 saturated carbocycles. The molecule has 2 aromatic rings. The molecule has 0 atom stereocenters. The van der Waals surface area contributed by atoms with Crippen molar-refractivity contribution in [2.75, 3.05) is 35.7 Å². The molecule has 1 aliphatic rings. The van der Waals surface area contributed by atoms with Gasteiger partial charge in [-0.3, -0.25) is 9.69 Å². The lowest BCUT2D eigenvalue weighted by Gasteiger charge is -2.28. The number of nitrogens with zero attached hydrogens (tertiary/aromatic N) is 4. The first-order valence-electron chi connectivity index (χ1n) is 8.39. The number of anilines is 3. The number of piperidine rings is 1. The van der Waals surface area contributed by atoms with E-state index >= 15 is 0 Å². The lowest BCUT2D eigenvalue weighted by atomic mass is 10.1. The van der Waals surface area contributed by atoms with Gasteiger partial charge in [0.2, 0.25) is 11.9 Å². The molecule has 132 valence electrons. The third-order valence-electron chi connectivity index (χ3n) is 4.45. The van der Waals surface area contributed by atoms with Gasteiger partial charge in [0.25, 0.3) is 0 Å². The van der Waals surface area contributed by atoms with Gasteiger partial charge in [-0.2, -0.15) is 4.98 Å². The van der Waals surface area contributed by atoms with Gasteiger partial charge >= 0.3 is 0 Å². The Morgan fingerprint density at radius 1 is 1.20 bits per heavy atom. The largest absolute Gasteiger partial charge is 0.396 e. The van der Waals surface area contributed by atoms with Crippen LogP contribution in [0.4, 0.5) is 21.8 Å². The number of halogens is 1. The van der Waals surface area contributed by atoms with Crippen molar-refractivity contribution in [2.45, 2.75) is 26.2 Å². The second kappa shape index (κ2) is 7.04. The Labute approximate surface area is 146 Å². The molecule has 1 fully saturated rings. The van der Waals surface area contributed by atoms with Crippen molar-refractivity contribution in [3.05, 3.63) is 30.1 Å². The lowest BCUT2D eigenvalue weighted by Crippen LogP contribution is -2.31. The molecular formula is C18H22FN5O. The van der Waals surface area contributed by atoms with Gasteiger partial charge in [0.15, 0.2) is 0 Å². The molecule has 3 rings (SSSR count). The van der Waals surface area contributed by atoms with Crippen molar-refractivity contribution < 1.29 is 9.18 Å². The van der Waals surface area contributed by atoms with E-state index in [9.17, 15) is 9.18 Å². The van der Waals surface area contributed by atoms with Gasteiger partial charge in [0.05, 0.1) is 11.4 Å². The monoisotopic (exact) mass is 343 g/mol. The summed E-state index contributed by atoms with van der Waals surface area (Å²) >= 11 is 0. The van der Waals surface area contributed by atoms with Gasteiger partial charge in [-0.15, -0.1) is 0 Å². The van der Waals surface area contributed by atoms with Crippen molar-refractivity contribution in [3.8, 4) is 11.3 Å². The molecule has 1 aromatic heterocycles. The number of nitrogens with two attached hydrogens (primary N) is 1. The maximum atomic E-state index is 13.9. The number of carbonyl (C=O) groups is 1. The van der Waals surface area contributed by atoms with Gasteiger partial charge in [0, 0.05) is 38.7 Å². The number of hydrogen-bond donors (Lipinski definition) is 1. The van der Waals surface area contributed by atoms with Crippen molar-refractivity contribution in [1.29, 1.82) is 0 Å². The van der Waals surface area contributed by atoms with Crippen LogP contribution in [-0.4, -0.2) is 36.0 Å². The number of aromatic nitrogens is 2. The number of benzene rings is 1. The lowest BCUT2D eigenvalue weighted by molar-refractivity contribution is -0.116. The summed E-state index contributed by atoms with van der Waals surface area (Å²) in [6, 6.07) is 6.43. The van der Waals surface area contributed by atoms with Crippen LogP contribution in [0.5, 0.6) is 0 Å². The van der Waals surface area contributed by atoms with Gasteiger partial charge in [0.1, 0.15) is 11.6 Å². The molecule has 2 N–H and O–H groups in total. The number of nitrogen functional groups attached to an aromatic ring is 1. The van der Waals surface area contributed by atoms with Crippen LogP contribution < -0.4 is 15.5 Å². The zero-order valence-electron chi connectivity index (χ0n) is 14.5. The highest BCUT2D eigenvalue weighted by atomic mass is 19.1. The van der Waals surface area contributed by atoms with E-state index in [4.69, 9.17) is 5.73 Å². The first-order valence-corrected chi connectivity index (χ1v) is 8.39. The van der Waals surface area contributed by atoms with Gasteiger partial charge in [-0.05, 0) is 31.4 Å². The molecule has 0 bridgehead atoms. The highest BCUT2D eigenvalue weighted by molar-refractivity contribution is 5.89. The molecule has 7 heteroatoms. The normalized spacial score (nSPS) is 14.4. The summed E-state index contributed by atoms with van der Waals surface area (Å²) < 4.78 is 13.9. The Balaban J connectivity index is 2.07. The molecule has 1 aliphatic heterocycles. The zero-order valence-corrected chi connectivity index (χ0v) is 14.5. The molecule has 1 amide bonds. The Hall–Kier alpha value is -2.70. The molecule has 0 spiro atoms. The predicted octanol–water partition coefficient (Wildman–Crippen LogP) is 2.84. The SMILES string of the molecule is CC(=O)N(C)c1nc(-c2ccc(N)c(F)c2)cc(N2CCCCC2)n1. The summed E-state index contributed by atoms with van der Waals surface area (Å²) in [5.41, 5.74) is 6.82. The Morgan fingerprint density at radius 3 is 2.56 bits per heavy atom. The van der Waals surface area contributed by atoms with E-state index in [0.717, 1.165) is 31.7 Å². The second-order valence-electron chi connectivity index (χ2n) is 6.27. The molecule has 25 heavy (non-hydrogen) atoms. The van der Waals surface area contributed by atoms with E-state index in [1.165, 1.54) is 30.4 Å². The second-order valence-corrected chi connectivity index (χ2v) is 6.27. The van der Waals surface area contributed by atoms with Crippen LogP contribution in [0.15, 0.2) is 24.3 Å². The van der Waals surface area contributed by atoms with E-state index in [-0.39, 0.29) is 11.6 Å². The van der Waals surface area contributed by atoms with E-state index in [1.54, 1.807) is 13.1 Å². The van der Waals surface area contributed by atoms with Gasteiger partial charge < -0.3 is 10.6 Å². The van der Waals surface area contributed by atoms with Crippen molar-refractivity contribution in [3.63, 3.8) is 0 Å². The molecule has 0 aliphatic carbocycles.